The Bertz CT molecular complexity index is 903. The van der Waals surface area contributed by atoms with Crippen molar-refractivity contribution in [1.29, 1.82) is 0 Å². The van der Waals surface area contributed by atoms with Crippen LogP contribution in [0.15, 0.2) is 61.2 Å². The van der Waals surface area contributed by atoms with Crippen molar-refractivity contribution in [2.75, 3.05) is 0 Å². The summed E-state index contributed by atoms with van der Waals surface area (Å²) in [6.45, 7) is 3.00. The van der Waals surface area contributed by atoms with Crippen molar-refractivity contribution in [1.82, 2.24) is 20.1 Å². The SMILES string of the molecule is Cc1ccc(CNC(=O)c2cccc(C#CCn3cncn3)c2)cc1. The second-order valence-electron chi connectivity index (χ2n) is 5.64. The molecule has 0 aliphatic rings. The van der Waals surface area contributed by atoms with Crippen molar-refractivity contribution in [3.63, 3.8) is 0 Å². The summed E-state index contributed by atoms with van der Waals surface area (Å²) >= 11 is 0. The predicted octanol–water partition coefficient (Wildman–Crippen LogP) is 2.57. The molecule has 0 spiro atoms. The Morgan fingerprint density at radius 3 is 2.80 bits per heavy atom. The lowest BCUT2D eigenvalue weighted by Crippen LogP contribution is -2.22. The first-order chi connectivity index (χ1) is 12.2. The highest BCUT2D eigenvalue weighted by atomic mass is 16.1. The lowest BCUT2D eigenvalue weighted by atomic mass is 10.1. The lowest BCUT2D eigenvalue weighted by molar-refractivity contribution is 0.0951. The second-order valence-corrected chi connectivity index (χ2v) is 5.64. The number of nitrogens with zero attached hydrogens (tertiary/aromatic N) is 3. The third-order valence-corrected chi connectivity index (χ3v) is 3.64. The van der Waals surface area contributed by atoms with Crippen LogP contribution in [0.3, 0.4) is 0 Å². The topological polar surface area (TPSA) is 59.8 Å². The van der Waals surface area contributed by atoms with Gasteiger partial charge in [-0.3, -0.25) is 4.79 Å². The van der Waals surface area contributed by atoms with Crippen LogP contribution in [0.1, 0.15) is 27.0 Å². The van der Waals surface area contributed by atoms with Crippen LogP contribution >= 0.6 is 0 Å². The standard InChI is InChI=1S/C20H18N4O/c1-16-7-9-18(10-8-16)13-22-20(25)19-6-2-4-17(12-19)5-3-11-24-15-21-14-23-24/h2,4,6-10,12,14-15H,11,13H2,1H3,(H,22,25). The molecule has 0 atom stereocenters. The Labute approximate surface area is 146 Å². The number of benzene rings is 2. The minimum absolute atomic E-state index is 0.111. The van der Waals surface area contributed by atoms with Crippen molar-refractivity contribution in [2.24, 2.45) is 0 Å². The number of amides is 1. The molecule has 0 aliphatic heterocycles. The first kappa shape index (κ1) is 16.5. The van der Waals surface area contributed by atoms with Crippen molar-refractivity contribution in [3.8, 4) is 11.8 Å². The zero-order chi connectivity index (χ0) is 17.5. The maximum absolute atomic E-state index is 12.3. The molecule has 3 rings (SSSR count). The number of hydrogen-bond donors (Lipinski definition) is 1. The molecule has 1 amide bonds. The molecule has 0 aliphatic carbocycles. The molecular formula is C20H18N4O. The number of carbonyl (C=O) groups is 1. The Hall–Kier alpha value is -3.39. The van der Waals surface area contributed by atoms with E-state index in [0.717, 1.165) is 11.1 Å². The molecule has 25 heavy (non-hydrogen) atoms. The Balaban J connectivity index is 1.61. The van der Waals surface area contributed by atoms with Crippen LogP contribution in [-0.2, 0) is 13.1 Å². The quantitative estimate of drug-likeness (QED) is 0.748. The number of aromatic nitrogens is 3. The number of rotatable bonds is 4. The van der Waals surface area contributed by atoms with Gasteiger partial charge < -0.3 is 5.32 Å². The third-order valence-electron chi connectivity index (χ3n) is 3.64. The minimum atomic E-state index is -0.111. The molecule has 0 saturated heterocycles. The number of aryl methyl sites for hydroxylation is 1. The number of carbonyl (C=O) groups excluding carboxylic acids is 1. The van der Waals surface area contributed by atoms with Gasteiger partial charge in [-0.25, -0.2) is 9.67 Å². The van der Waals surface area contributed by atoms with E-state index in [-0.39, 0.29) is 5.91 Å². The average molecular weight is 330 g/mol. The van der Waals surface area contributed by atoms with Crippen LogP contribution in [0.25, 0.3) is 0 Å². The van der Waals surface area contributed by atoms with Crippen LogP contribution in [0.2, 0.25) is 0 Å². The van der Waals surface area contributed by atoms with Crippen molar-refractivity contribution in [3.05, 3.63) is 83.4 Å². The molecule has 0 unspecified atom stereocenters. The zero-order valence-electron chi connectivity index (χ0n) is 13.9. The summed E-state index contributed by atoms with van der Waals surface area (Å²) < 4.78 is 1.64. The molecule has 1 aromatic heterocycles. The first-order valence-corrected chi connectivity index (χ1v) is 7.96. The minimum Gasteiger partial charge on any atom is -0.348 e. The van der Waals surface area contributed by atoms with Crippen LogP contribution < -0.4 is 5.32 Å². The first-order valence-electron chi connectivity index (χ1n) is 7.96. The van der Waals surface area contributed by atoms with Crippen LogP contribution in [0.5, 0.6) is 0 Å². The van der Waals surface area contributed by atoms with Crippen molar-refractivity contribution >= 4 is 5.91 Å². The van der Waals surface area contributed by atoms with E-state index in [1.807, 2.05) is 43.3 Å². The normalized spacial score (nSPS) is 9.96. The van der Waals surface area contributed by atoms with Gasteiger partial charge in [0.2, 0.25) is 0 Å². The van der Waals surface area contributed by atoms with Crippen LogP contribution in [-0.4, -0.2) is 20.7 Å². The maximum atomic E-state index is 12.3. The predicted molar refractivity (Wildman–Crippen MR) is 95.7 cm³/mol. The highest BCUT2D eigenvalue weighted by Gasteiger charge is 2.05. The van der Waals surface area contributed by atoms with Gasteiger partial charge in [0.15, 0.2) is 0 Å². The maximum Gasteiger partial charge on any atom is 0.251 e. The van der Waals surface area contributed by atoms with Crippen LogP contribution in [0.4, 0.5) is 0 Å². The van der Waals surface area contributed by atoms with Gasteiger partial charge in [-0.2, -0.15) is 5.10 Å². The molecule has 5 heteroatoms. The van der Waals surface area contributed by atoms with Gasteiger partial charge in [0, 0.05) is 17.7 Å². The lowest BCUT2D eigenvalue weighted by Gasteiger charge is -2.06. The molecule has 0 radical (unpaired) electrons. The molecule has 0 bridgehead atoms. The molecular weight excluding hydrogens is 312 g/mol. The molecule has 0 saturated carbocycles. The highest BCUT2D eigenvalue weighted by Crippen LogP contribution is 2.06. The van der Waals surface area contributed by atoms with Gasteiger partial charge in [0.25, 0.3) is 5.91 Å². The third kappa shape index (κ3) is 4.79. The Morgan fingerprint density at radius 1 is 1.20 bits per heavy atom. The number of nitrogens with one attached hydrogen (secondary N) is 1. The number of hydrogen-bond acceptors (Lipinski definition) is 3. The molecule has 5 nitrogen and oxygen atoms in total. The van der Waals surface area contributed by atoms with Gasteiger partial charge in [-0.1, -0.05) is 47.7 Å². The van der Waals surface area contributed by atoms with E-state index in [0.29, 0.717) is 18.7 Å². The average Bonchev–Trinajstić information content (AvgIpc) is 3.15. The summed E-state index contributed by atoms with van der Waals surface area (Å²) in [7, 11) is 0. The van der Waals surface area contributed by atoms with E-state index in [4.69, 9.17) is 0 Å². The van der Waals surface area contributed by atoms with Gasteiger partial charge in [-0.05, 0) is 30.7 Å². The van der Waals surface area contributed by atoms with Crippen LogP contribution in [0, 0.1) is 18.8 Å². The summed E-state index contributed by atoms with van der Waals surface area (Å²) in [5.74, 6) is 5.94. The van der Waals surface area contributed by atoms with Gasteiger partial charge >= 0.3 is 0 Å². The summed E-state index contributed by atoms with van der Waals surface area (Å²) in [5.41, 5.74) is 3.66. The second kappa shape index (κ2) is 7.93. The van der Waals surface area contributed by atoms with Gasteiger partial charge in [-0.15, -0.1) is 0 Å². The van der Waals surface area contributed by atoms with Crippen molar-refractivity contribution in [2.45, 2.75) is 20.0 Å². The van der Waals surface area contributed by atoms with Gasteiger partial charge in [0.1, 0.15) is 19.2 Å². The molecule has 0 fully saturated rings. The summed E-state index contributed by atoms with van der Waals surface area (Å²) in [6, 6.07) is 15.4. The molecule has 1 N–H and O–H groups in total. The van der Waals surface area contributed by atoms with E-state index >= 15 is 0 Å². The van der Waals surface area contributed by atoms with E-state index in [1.165, 1.54) is 11.9 Å². The van der Waals surface area contributed by atoms with Crippen molar-refractivity contribution < 1.29 is 4.79 Å². The Kier molecular flexibility index (Phi) is 5.22. The molecule has 3 aromatic rings. The summed E-state index contributed by atoms with van der Waals surface area (Å²) in [6.07, 6.45) is 3.09. The summed E-state index contributed by atoms with van der Waals surface area (Å²) in [5, 5.41) is 6.92. The zero-order valence-corrected chi connectivity index (χ0v) is 13.9. The fourth-order valence-electron chi connectivity index (χ4n) is 2.27. The van der Waals surface area contributed by atoms with E-state index in [2.05, 4.69) is 27.2 Å². The molecule has 124 valence electrons. The molecule has 1 heterocycles. The summed E-state index contributed by atoms with van der Waals surface area (Å²) in [4.78, 5) is 16.2. The smallest absolute Gasteiger partial charge is 0.251 e. The molecule has 2 aromatic carbocycles. The van der Waals surface area contributed by atoms with E-state index < -0.39 is 0 Å². The fourth-order valence-corrected chi connectivity index (χ4v) is 2.27. The van der Waals surface area contributed by atoms with Gasteiger partial charge in [0.05, 0.1) is 0 Å². The fraction of sp³-hybridized carbons (Fsp3) is 0.150. The highest BCUT2D eigenvalue weighted by molar-refractivity contribution is 5.94. The van der Waals surface area contributed by atoms with E-state index in [1.54, 1.807) is 23.1 Å². The monoisotopic (exact) mass is 330 g/mol. The van der Waals surface area contributed by atoms with E-state index in [9.17, 15) is 4.79 Å². The largest absolute Gasteiger partial charge is 0.348 e. The Morgan fingerprint density at radius 2 is 2.04 bits per heavy atom.